The fourth-order valence-electron chi connectivity index (χ4n) is 0.734. The van der Waals surface area contributed by atoms with Crippen LogP contribution < -0.4 is 0 Å². The molecule has 0 saturated carbocycles. The molecule has 13 heavy (non-hydrogen) atoms. The van der Waals surface area contributed by atoms with Gasteiger partial charge in [0.25, 0.3) is 10.1 Å². The molecule has 0 heterocycles. The molecule has 0 spiro atoms. The first-order valence-corrected chi connectivity index (χ1v) is 4.97. The second-order valence-corrected chi connectivity index (χ2v) is 4.21. The van der Waals surface area contributed by atoms with Crippen molar-refractivity contribution >= 4 is 59.5 Å². The van der Waals surface area contributed by atoms with Crippen molar-refractivity contribution in [1.82, 2.24) is 0 Å². The molecule has 6 heteroatoms. The minimum absolute atomic E-state index is 0. The van der Waals surface area contributed by atoms with Crippen molar-refractivity contribution in [2.75, 3.05) is 0 Å². The van der Waals surface area contributed by atoms with Crippen LogP contribution in [0.25, 0.3) is 0 Å². The normalized spacial score (nSPS) is 10.7. The van der Waals surface area contributed by atoms with Gasteiger partial charge >= 0.3 is 37.7 Å². The molecule has 0 aliphatic heterocycles. The van der Waals surface area contributed by atoms with Gasteiger partial charge in [0.1, 0.15) is 0 Å². The van der Waals surface area contributed by atoms with Gasteiger partial charge < -0.3 is 0 Å². The number of halogens is 1. The van der Waals surface area contributed by atoms with Gasteiger partial charge in [0, 0.05) is 5.02 Å². The van der Waals surface area contributed by atoms with Crippen molar-refractivity contribution in [2.45, 2.75) is 11.8 Å². The fraction of sp³-hybridized carbons (Fsp3) is 0.143. The molecule has 0 aromatic heterocycles. The Hall–Kier alpha value is 0.680. The van der Waals surface area contributed by atoms with Crippen molar-refractivity contribution in [3.63, 3.8) is 0 Å². The van der Waals surface area contributed by atoms with E-state index in [9.17, 15) is 8.42 Å². The summed E-state index contributed by atoms with van der Waals surface area (Å²) in [5.74, 6) is 0. The molecule has 0 unspecified atom stereocenters. The van der Waals surface area contributed by atoms with E-state index in [1.54, 1.807) is 6.92 Å². The van der Waals surface area contributed by atoms with Crippen LogP contribution in [-0.2, 0) is 10.1 Å². The summed E-state index contributed by atoms with van der Waals surface area (Å²) >= 11 is 5.64. The van der Waals surface area contributed by atoms with Gasteiger partial charge in [-0.05, 0) is 24.6 Å². The molecule has 0 aliphatic rings. The summed E-state index contributed by atoms with van der Waals surface area (Å²) in [4.78, 5) is -0.182. The van der Waals surface area contributed by atoms with E-state index in [2.05, 4.69) is 0 Å². The van der Waals surface area contributed by atoms with Crippen LogP contribution in [-0.4, -0.2) is 50.7 Å². The summed E-state index contributed by atoms with van der Waals surface area (Å²) in [6.45, 7) is 1.75. The fourth-order valence-corrected chi connectivity index (χ4v) is 1.49. The second-order valence-electron chi connectivity index (χ2n) is 2.39. The van der Waals surface area contributed by atoms with Crippen LogP contribution in [0.5, 0.6) is 0 Å². The molecule has 1 N–H and O–H groups in total. The molecule has 0 radical (unpaired) electrons. The second kappa shape index (κ2) is 4.96. The predicted molar refractivity (Wildman–Crippen MR) is 54.5 cm³/mol. The summed E-state index contributed by atoms with van der Waals surface area (Å²) in [5, 5.41) is 0.324. The van der Waals surface area contributed by atoms with Crippen molar-refractivity contribution in [3.8, 4) is 0 Å². The monoisotopic (exact) mass is 248 g/mol. The molecule has 70 valence electrons. The third kappa shape index (κ3) is 3.73. The zero-order chi connectivity index (χ0) is 9.35. The van der Waals surface area contributed by atoms with Crippen molar-refractivity contribution < 1.29 is 13.0 Å². The standard InChI is InChI=1S/C7H7ClO3S.Ca.2H/c1-5-2-3-6(4-7(5)8)12(9,10)11;;;/h2-4H,1H3,(H,9,10,11);;;. The first-order valence-electron chi connectivity index (χ1n) is 3.15. The third-order valence-electron chi connectivity index (χ3n) is 1.44. The number of hydrogen-bond donors (Lipinski definition) is 1. The Kier molecular flexibility index (Phi) is 5.22. The van der Waals surface area contributed by atoms with Gasteiger partial charge in [-0.25, -0.2) is 0 Å². The molecule has 1 aromatic carbocycles. The van der Waals surface area contributed by atoms with E-state index in [0.717, 1.165) is 5.56 Å². The summed E-state index contributed by atoms with van der Waals surface area (Å²) < 4.78 is 29.8. The molecular weight excluding hydrogens is 240 g/mol. The van der Waals surface area contributed by atoms with Gasteiger partial charge in [0.15, 0.2) is 0 Å². The molecule has 0 bridgehead atoms. The average molecular weight is 249 g/mol. The molecule has 0 atom stereocenters. The van der Waals surface area contributed by atoms with E-state index >= 15 is 0 Å². The van der Waals surface area contributed by atoms with Crippen molar-refractivity contribution in [3.05, 3.63) is 28.8 Å². The Morgan fingerprint density at radius 2 is 1.92 bits per heavy atom. The first-order chi connectivity index (χ1) is 5.41. The zero-order valence-electron chi connectivity index (χ0n) is 6.28. The Bertz CT molecular complexity index is 402. The van der Waals surface area contributed by atoms with Crippen LogP contribution >= 0.6 is 11.6 Å². The SMILES string of the molecule is Cc1ccc(S(=O)(=O)O)cc1Cl.[CaH2]. The van der Waals surface area contributed by atoms with E-state index in [4.69, 9.17) is 16.2 Å². The molecule has 0 amide bonds. The van der Waals surface area contributed by atoms with Gasteiger partial charge in [-0.15, -0.1) is 0 Å². The minimum atomic E-state index is -4.13. The summed E-state index contributed by atoms with van der Waals surface area (Å²) in [7, 11) is -4.13. The van der Waals surface area contributed by atoms with Gasteiger partial charge in [0.2, 0.25) is 0 Å². The summed E-state index contributed by atoms with van der Waals surface area (Å²) in [6, 6.07) is 4.05. The van der Waals surface area contributed by atoms with Gasteiger partial charge in [-0.1, -0.05) is 17.7 Å². The molecule has 1 aromatic rings. The van der Waals surface area contributed by atoms with Gasteiger partial charge in [-0.3, -0.25) is 4.55 Å². The van der Waals surface area contributed by atoms with Crippen molar-refractivity contribution in [2.24, 2.45) is 0 Å². The topological polar surface area (TPSA) is 54.4 Å². The van der Waals surface area contributed by atoms with Crippen molar-refractivity contribution in [1.29, 1.82) is 0 Å². The van der Waals surface area contributed by atoms with Crippen LogP contribution in [0.2, 0.25) is 5.02 Å². The Balaban J connectivity index is 0.00000144. The maximum atomic E-state index is 10.6. The van der Waals surface area contributed by atoms with Gasteiger partial charge in [-0.2, -0.15) is 8.42 Å². The number of benzene rings is 1. The molecular formula is C7H9CaClO3S. The molecule has 0 aliphatic carbocycles. The van der Waals surface area contributed by atoms with E-state index in [1.807, 2.05) is 0 Å². The number of hydrogen-bond acceptors (Lipinski definition) is 2. The van der Waals surface area contributed by atoms with Crippen LogP contribution in [0, 0.1) is 6.92 Å². The van der Waals surface area contributed by atoms with Crippen LogP contribution in [0.15, 0.2) is 23.1 Å². The van der Waals surface area contributed by atoms with E-state index in [1.165, 1.54) is 18.2 Å². The quantitative estimate of drug-likeness (QED) is 0.596. The van der Waals surface area contributed by atoms with E-state index in [0.29, 0.717) is 5.02 Å². The summed E-state index contributed by atoms with van der Waals surface area (Å²) in [6.07, 6.45) is 0. The van der Waals surface area contributed by atoms with Crippen LogP contribution in [0.1, 0.15) is 5.56 Å². The van der Waals surface area contributed by atoms with Crippen LogP contribution in [0.4, 0.5) is 0 Å². The third-order valence-corrected chi connectivity index (χ3v) is 2.70. The Labute approximate surface area is 112 Å². The average Bonchev–Trinajstić information content (AvgIpc) is 1.92. The Morgan fingerprint density at radius 1 is 1.38 bits per heavy atom. The first kappa shape index (κ1) is 13.7. The summed E-state index contributed by atoms with van der Waals surface area (Å²) in [5.41, 5.74) is 0.768. The number of rotatable bonds is 1. The molecule has 3 nitrogen and oxygen atoms in total. The van der Waals surface area contributed by atoms with Gasteiger partial charge in [0.05, 0.1) is 4.90 Å². The Morgan fingerprint density at radius 3 is 2.31 bits per heavy atom. The molecule has 1 rings (SSSR count). The zero-order valence-corrected chi connectivity index (χ0v) is 7.85. The van der Waals surface area contributed by atoms with E-state index < -0.39 is 10.1 Å². The van der Waals surface area contributed by atoms with Crippen LogP contribution in [0.3, 0.4) is 0 Å². The predicted octanol–water partition coefficient (Wildman–Crippen LogP) is 0.979. The maximum absolute atomic E-state index is 10.6. The number of aryl methyl sites for hydroxylation is 1. The molecule has 0 saturated heterocycles. The van der Waals surface area contributed by atoms with E-state index in [-0.39, 0.29) is 42.6 Å². The molecule has 0 fully saturated rings.